The topological polar surface area (TPSA) is 106 Å². The van der Waals surface area contributed by atoms with E-state index in [4.69, 9.17) is 4.52 Å². The van der Waals surface area contributed by atoms with Crippen LogP contribution in [0.3, 0.4) is 0 Å². The molecule has 0 aromatic carbocycles. The number of hydrogen-bond donors (Lipinski definition) is 0. The molecule has 0 bridgehead atoms. The lowest BCUT2D eigenvalue weighted by molar-refractivity contribution is -0.141. The molecule has 9 nitrogen and oxygen atoms in total. The Morgan fingerprint density at radius 1 is 1.19 bits per heavy atom. The molecule has 26 heavy (non-hydrogen) atoms. The monoisotopic (exact) mass is 360 g/mol. The average Bonchev–Trinajstić information content (AvgIpc) is 3.20. The molecular formula is C17H20N4O5. The van der Waals surface area contributed by atoms with Gasteiger partial charge < -0.3 is 19.1 Å². The standard InChI is InChI=1S/C17H20N4O5/c1-25-15(24)5-4-13(22)20-8-12(9-20)21-7-11(6-14(21)23)17-18-16(19-26-17)10-2-3-10/h4-5,10-12H,2-3,6-9H2,1H3/b5-4+. The molecule has 0 spiro atoms. The van der Waals surface area contributed by atoms with Crippen LogP contribution in [-0.4, -0.2) is 70.5 Å². The van der Waals surface area contributed by atoms with Gasteiger partial charge >= 0.3 is 5.97 Å². The van der Waals surface area contributed by atoms with E-state index in [1.165, 1.54) is 13.2 Å². The fourth-order valence-electron chi connectivity index (χ4n) is 3.32. The van der Waals surface area contributed by atoms with Gasteiger partial charge in [-0.05, 0) is 12.8 Å². The zero-order chi connectivity index (χ0) is 18.3. The molecule has 0 radical (unpaired) electrons. The lowest BCUT2D eigenvalue weighted by Crippen LogP contribution is -2.61. The van der Waals surface area contributed by atoms with Crippen molar-refractivity contribution in [1.82, 2.24) is 19.9 Å². The molecule has 4 rings (SSSR count). The largest absolute Gasteiger partial charge is 0.466 e. The number of carbonyl (C=O) groups excluding carboxylic acids is 3. The molecule has 1 atom stereocenters. The van der Waals surface area contributed by atoms with Crippen LogP contribution in [0.15, 0.2) is 16.7 Å². The highest BCUT2D eigenvalue weighted by atomic mass is 16.5. The van der Waals surface area contributed by atoms with E-state index >= 15 is 0 Å². The minimum absolute atomic E-state index is 0.00574. The molecule has 0 N–H and O–H groups in total. The molecule has 1 aromatic heterocycles. The molecule has 2 saturated heterocycles. The summed E-state index contributed by atoms with van der Waals surface area (Å²) in [5.41, 5.74) is 0. The number of methoxy groups -OCH3 is 1. The van der Waals surface area contributed by atoms with Gasteiger partial charge in [-0.1, -0.05) is 5.16 Å². The third kappa shape index (κ3) is 3.21. The van der Waals surface area contributed by atoms with E-state index < -0.39 is 5.97 Å². The lowest BCUT2D eigenvalue weighted by atomic mass is 10.1. The second kappa shape index (κ2) is 6.54. The summed E-state index contributed by atoms with van der Waals surface area (Å²) in [5, 5.41) is 4.01. The lowest BCUT2D eigenvalue weighted by Gasteiger charge is -2.43. The SMILES string of the molecule is COC(=O)/C=C/C(=O)N1CC(N2CC(c3nc(C4CC4)no3)CC2=O)C1. The molecule has 2 aliphatic heterocycles. The average molecular weight is 360 g/mol. The molecule has 1 unspecified atom stereocenters. The molecule has 9 heteroatoms. The first-order chi connectivity index (χ1) is 12.5. The minimum atomic E-state index is -0.571. The Bertz CT molecular complexity index is 763. The number of carbonyl (C=O) groups is 3. The molecule has 3 heterocycles. The molecule has 1 aromatic rings. The number of esters is 1. The van der Waals surface area contributed by atoms with Crippen molar-refractivity contribution in [3.05, 3.63) is 23.9 Å². The molecule has 1 saturated carbocycles. The Labute approximate surface area is 150 Å². The van der Waals surface area contributed by atoms with Gasteiger partial charge in [0.15, 0.2) is 5.82 Å². The van der Waals surface area contributed by atoms with Crippen LogP contribution < -0.4 is 0 Å². The van der Waals surface area contributed by atoms with E-state index in [-0.39, 0.29) is 23.8 Å². The maximum Gasteiger partial charge on any atom is 0.330 e. The van der Waals surface area contributed by atoms with Crippen molar-refractivity contribution < 1.29 is 23.6 Å². The summed E-state index contributed by atoms with van der Waals surface area (Å²) >= 11 is 0. The van der Waals surface area contributed by atoms with Crippen molar-refractivity contribution in [1.29, 1.82) is 0 Å². The Hall–Kier alpha value is -2.71. The first-order valence-electron chi connectivity index (χ1n) is 8.73. The Morgan fingerprint density at radius 2 is 1.96 bits per heavy atom. The summed E-state index contributed by atoms with van der Waals surface area (Å²) < 4.78 is 9.80. The van der Waals surface area contributed by atoms with Crippen LogP contribution in [0.5, 0.6) is 0 Å². The smallest absolute Gasteiger partial charge is 0.330 e. The van der Waals surface area contributed by atoms with Crippen LogP contribution in [0.1, 0.15) is 42.8 Å². The highest BCUT2D eigenvalue weighted by Crippen LogP contribution is 2.39. The zero-order valence-corrected chi connectivity index (χ0v) is 14.5. The van der Waals surface area contributed by atoms with Gasteiger partial charge in [-0.25, -0.2) is 4.79 Å². The van der Waals surface area contributed by atoms with Gasteiger partial charge in [0.05, 0.1) is 19.1 Å². The summed E-state index contributed by atoms with van der Waals surface area (Å²) in [6.07, 6.45) is 4.85. The highest BCUT2D eigenvalue weighted by molar-refractivity contribution is 5.95. The fourth-order valence-corrected chi connectivity index (χ4v) is 3.32. The number of amides is 2. The van der Waals surface area contributed by atoms with Crippen molar-refractivity contribution in [2.24, 2.45) is 0 Å². The number of ether oxygens (including phenoxy) is 1. The Morgan fingerprint density at radius 3 is 2.65 bits per heavy atom. The Balaban J connectivity index is 1.30. The van der Waals surface area contributed by atoms with Crippen molar-refractivity contribution in [3.8, 4) is 0 Å². The number of likely N-dealkylation sites (tertiary alicyclic amines) is 2. The minimum Gasteiger partial charge on any atom is -0.466 e. The Kier molecular flexibility index (Phi) is 4.21. The second-order valence-electron chi connectivity index (χ2n) is 6.97. The van der Waals surface area contributed by atoms with E-state index in [1.54, 1.807) is 9.80 Å². The first-order valence-corrected chi connectivity index (χ1v) is 8.73. The van der Waals surface area contributed by atoms with Crippen molar-refractivity contribution >= 4 is 17.8 Å². The zero-order valence-electron chi connectivity index (χ0n) is 14.5. The third-order valence-corrected chi connectivity index (χ3v) is 5.09. The molecule has 3 fully saturated rings. The molecular weight excluding hydrogens is 340 g/mol. The van der Waals surface area contributed by atoms with E-state index in [1.807, 2.05) is 0 Å². The van der Waals surface area contributed by atoms with Crippen LogP contribution in [0.25, 0.3) is 0 Å². The maximum absolute atomic E-state index is 12.3. The van der Waals surface area contributed by atoms with Gasteiger partial charge in [-0.15, -0.1) is 0 Å². The summed E-state index contributed by atoms with van der Waals surface area (Å²) in [7, 11) is 1.25. The normalized spacial score (nSPS) is 23.6. The van der Waals surface area contributed by atoms with Crippen LogP contribution >= 0.6 is 0 Å². The van der Waals surface area contributed by atoms with Gasteiger partial charge in [0.2, 0.25) is 17.7 Å². The van der Waals surface area contributed by atoms with Gasteiger partial charge in [0, 0.05) is 44.1 Å². The maximum atomic E-state index is 12.3. The van der Waals surface area contributed by atoms with Crippen molar-refractivity contribution in [3.63, 3.8) is 0 Å². The predicted octanol–water partition coefficient (Wildman–Crippen LogP) is 0.203. The number of aromatic nitrogens is 2. The summed E-state index contributed by atoms with van der Waals surface area (Å²) in [6.45, 7) is 1.45. The first kappa shape index (κ1) is 16.7. The van der Waals surface area contributed by atoms with Crippen molar-refractivity contribution in [2.45, 2.75) is 37.1 Å². The van der Waals surface area contributed by atoms with E-state index in [0.29, 0.717) is 37.9 Å². The van der Waals surface area contributed by atoms with Gasteiger partial charge in [0.1, 0.15) is 0 Å². The second-order valence-corrected chi connectivity index (χ2v) is 6.97. The van der Waals surface area contributed by atoms with Gasteiger partial charge in [-0.3, -0.25) is 9.59 Å². The summed E-state index contributed by atoms with van der Waals surface area (Å²) in [5.74, 6) is 0.846. The van der Waals surface area contributed by atoms with E-state index in [9.17, 15) is 14.4 Å². The highest BCUT2D eigenvalue weighted by Gasteiger charge is 2.43. The molecule has 138 valence electrons. The quantitative estimate of drug-likeness (QED) is 0.545. The molecule has 3 aliphatic rings. The van der Waals surface area contributed by atoms with E-state index in [2.05, 4.69) is 14.9 Å². The molecule has 2 amide bonds. The fraction of sp³-hybridized carbons (Fsp3) is 0.588. The van der Waals surface area contributed by atoms with Gasteiger partial charge in [-0.2, -0.15) is 4.98 Å². The van der Waals surface area contributed by atoms with Crippen LogP contribution in [0.4, 0.5) is 0 Å². The summed E-state index contributed by atoms with van der Waals surface area (Å²) in [4.78, 5) is 43.1. The predicted molar refractivity (Wildman–Crippen MR) is 86.9 cm³/mol. The van der Waals surface area contributed by atoms with Crippen molar-refractivity contribution in [2.75, 3.05) is 26.7 Å². The van der Waals surface area contributed by atoms with Crippen LogP contribution in [-0.2, 0) is 19.1 Å². The third-order valence-electron chi connectivity index (χ3n) is 5.09. The summed E-state index contributed by atoms with van der Waals surface area (Å²) in [6, 6.07) is -0.00574. The number of hydrogen-bond acceptors (Lipinski definition) is 7. The van der Waals surface area contributed by atoms with Gasteiger partial charge in [0.25, 0.3) is 0 Å². The molecule has 1 aliphatic carbocycles. The number of nitrogens with zero attached hydrogens (tertiary/aromatic N) is 4. The number of rotatable bonds is 5. The van der Waals surface area contributed by atoms with Crippen LogP contribution in [0.2, 0.25) is 0 Å². The van der Waals surface area contributed by atoms with Crippen LogP contribution in [0, 0.1) is 0 Å². The van der Waals surface area contributed by atoms with E-state index in [0.717, 1.165) is 24.7 Å².